The molecule has 1 N–H and O–H groups in total. The third-order valence-electron chi connectivity index (χ3n) is 4.44. The largest absolute Gasteiger partial charge is 0.369 e. The second kappa shape index (κ2) is 3.64. The van der Waals surface area contributed by atoms with Gasteiger partial charge in [0.25, 0.3) is 0 Å². The predicted molar refractivity (Wildman–Crippen MR) is 75.4 cm³/mol. The standard InChI is InChI=1S/C16H18N2/c1-2-11-7-9-18-10-8-13-12-5-3-4-6-14(12)17-15(13)16(11)18/h3-6,17H,2,7-10H2,1H3. The lowest BCUT2D eigenvalue weighted by Crippen LogP contribution is -2.26. The second-order valence-electron chi connectivity index (χ2n) is 5.32. The SMILES string of the molecule is CCC1=C2c3[nH]c4ccccc4c3CCN2CC1. The normalized spacial score (nSPS) is 18.4. The third kappa shape index (κ3) is 1.23. The molecule has 3 heterocycles. The highest BCUT2D eigenvalue weighted by molar-refractivity contribution is 5.90. The number of benzene rings is 1. The molecule has 0 fully saturated rings. The van der Waals surface area contributed by atoms with Crippen molar-refractivity contribution in [2.24, 2.45) is 0 Å². The summed E-state index contributed by atoms with van der Waals surface area (Å²) in [6.07, 6.45) is 3.61. The van der Waals surface area contributed by atoms with Gasteiger partial charge in [0.05, 0.1) is 11.4 Å². The van der Waals surface area contributed by atoms with Crippen molar-refractivity contribution < 1.29 is 0 Å². The van der Waals surface area contributed by atoms with Crippen LogP contribution in [0.4, 0.5) is 0 Å². The Labute approximate surface area is 107 Å². The number of aromatic amines is 1. The number of fused-ring (bicyclic) bond motifs is 5. The molecule has 0 atom stereocenters. The van der Waals surface area contributed by atoms with E-state index >= 15 is 0 Å². The zero-order valence-corrected chi connectivity index (χ0v) is 10.8. The van der Waals surface area contributed by atoms with Crippen molar-refractivity contribution >= 4 is 16.6 Å². The zero-order chi connectivity index (χ0) is 12.1. The van der Waals surface area contributed by atoms with Crippen LogP contribution in [0, 0.1) is 0 Å². The average molecular weight is 238 g/mol. The van der Waals surface area contributed by atoms with Crippen LogP contribution in [0.1, 0.15) is 31.0 Å². The molecule has 0 amide bonds. The first-order valence-electron chi connectivity index (χ1n) is 6.95. The first-order valence-corrected chi connectivity index (χ1v) is 6.95. The lowest BCUT2D eigenvalue weighted by molar-refractivity contribution is 0.418. The molecule has 2 aliphatic rings. The Morgan fingerprint density at radius 3 is 2.89 bits per heavy atom. The molecule has 2 nitrogen and oxygen atoms in total. The number of aromatic nitrogens is 1. The summed E-state index contributed by atoms with van der Waals surface area (Å²) in [5.41, 5.74) is 7.36. The van der Waals surface area contributed by atoms with Crippen molar-refractivity contribution in [1.29, 1.82) is 0 Å². The van der Waals surface area contributed by atoms with E-state index in [1.165, 1.54) is 60.2 Å². The molecule has 1 aromatic heterocycles. The quantitative estimate of drug-likeness (QED) is 0.805. The number of nitrogens with one attached hydrogen (secondary N) is 1. The number of hydrogen-bond acceptors (Lipinski definition) is 1. The minimum atomic E-state index is 1.18. The van der Waals surface area contributed by atoms with Gasteiger partial charge >= 0.3 is 0 Å². The Morgan fingerprint density at radius 2 is 2.00 bits per heavy atom. The highest BCUT2D eigenvalue weighted by Gasteiger charge is 2.30. The summed E-state index contributed by atoms with van der Waals surface area (Å²) in [6, 6.07) is 8.71. The molecule has 2 heteroatoms. The summed E-state index contributed by atoms with van der Waals surface area (Å²) in [5.74, 6) is 0. The van der Waals surface area contributed by atoms with E-state index in [0.29, 0.717) is 0 Å². The van der Waals surface area contributed by atoms with Gasteiger partial charge < -0.3 is 9.88 Å². The fourth-order valence-corrected chi connectivity index (χ4v) is 3.54. The summed E-state index contributed by atoms with van der Waals surface area (Å²) in [5, 5.41) is 1.42. The monoisotopic (exact) mass is 238 g/mol. The Kier molecular flexibility index (Phi) is 2.07. The van der Waals surface area contributed by atoms with Crippen molar-refractivity contribution in [3.63, 3.8) is 0 Å². The zero-order valence-electron chi connectivity index (χ0n) is 10.8. The van der Waals surface area contributed by atoms with Gasteiger partial charge in [-0.2, -0.15) is 0 Å². The van der Waals surface area contributed by atoms with Crippen molar-refractivity contribution in [2.75, 3.05) is 13.1 Å². The van der Waals surface area contributed by atoms with Gasteiger partial charge in [0.1, 0.15) is 0 Å². The second-order valence-corrected chi connectivity index (χ2v) is 5.32. The van der Waals surface area contributed by atoms with Gasteiger partial charge in [-0.15, -0.1) is 0 Å². The Bertz CT molecular complexity index is 648. The number of para-hydroxylation sites is 1. The molecule has 0 unspecified atom stereocenters. The summed E-state index contributed by atoms with van der Waals surface area (Å²) in [4.78, 5) is 6.22. The summed E-state index contributed by atoms with van der Waals surface area (Å²) in [7, 11) is 0. The highest BCUT2D eigenvalue weighted by Crippen LogP contribution is 2.40. The van der Waals surface area contributed by atoms with Gasteiger partial charge in [-0.1, -0.05) is 25.1 Å². The van der Waals surface area contributed by atoms with Crippen molar-refractivity contribution in [3.05, 3.63) is 41.1 Å². The number of rotatable bonds is 1. The molecule has 0 saturated heterocycles. The molecule has 92 valence electrons. The molecular weight excluding hydrogens is 220 g/mol. The molecule has 0 spiro atoms. The molecule has 0 aliphatic carbocycles. The average Bonchev–Trinajstić information content (AvgIpc) is 2.98. The van der Waals surface area contributed by atoms with Crippen LogP contribution in [0.2, 0.25) is 0 Å². The van der Waals surface area contributed by atoms with Gasteiger partial charge in [-0.05, 0) is 36.5 Å². The fraction of sp³-hybridized carbons (Fsp3) is 0.375. The molecule has 1 aromatic carbocycles. The molecule has 2 aliphatic heterocycles. The van der Waals surface area contributed by atoms with Crippen LogP contribution >= 0.6 is 0 Å². The molecular formula is C16H18N2. The van der Waals surface area contributed by atoms with E-state index < -0.39 is 0 Å². The fourth-order valence-electron chi connectivity index (χ4n) is 3.54. The number of nitrogens with zero attached hydrogens (tertiary/aromatic N) is 1. The lowest BCUT2D eigenvalue weighted by Gasteiger charge is -2.27. The van der Waals surface area contributed by atoms with Crippen LogP contribution < -0.4 is 0 Å². The molecule has 18 heavy (non-hydrogen) atoms. The van der Waals surface area contributed by atoms with E-state index in [2.05, 4.69) is 41.1 Å². The topological polar surface area (TPSA) is 19.0 Å². The van der Waals surface area contributed by atoms with Crippen molar-refractivity contribution in [3.8, 4) is 0 Å². The maximum Gasteiger partial charge on any atom is 0.0661 e. The van der Waals surface area contributed by atoms with E-state index in [9.17, 15) is 0 Å². The van der Waals surface area contributed by atoms with E-state index in [4.69, 9.17) is 0 Å². The molecule has 2 aromatic rings. The minimum absolute atomic E-state index is 1.18. The van der Waals surface area contributed by atoms with Gasteiger partial charge in [0, 0.05) is 24.0 Å². The van der Waals surface area contributed by atoms with Crippen molar-refractivity contribution in [2.45, 2.75) is 26.2 Å². The summed E-state index contributed by atoms with van der Waals surface area (Å²) in [6.45, 7) is 4.68. The highest BCUT2D eigenvalue weighted by atomic mass is 15.2. The maximum absolute atomic E-state index is 3.65. The smallest absolute Gasteiger partial charge is 0.0661 e. The van der Waals surface area contributed by atoms with E-state index in [1.54, 1.807) is 5.57 Å². The van der Waals surface area contributed by atoms with Gasteiger partial charge in [-0.3, -0.25) is 0 Å². The first kappa shape index (κ1) is 10.2. The molecule has 4 rings (SSSR count). The summed E-state index contributed by atoms with van der Waals surface area (Å²) >= 11 is 0. The molecule has 0 saturated carbocycles. The van der Waals surface area contributed by atoms with Gasteiger partial charge in [0.2, 0.25) is 0 Å². The van der Waals surface area contributed by atoms with Crippen LogP contribution in [0.3, 0.4) is 0 Å². The lowest BCUT2D eigenvalue weighted by atomic mass is 9.99. The Morgan fingerprint density at radius 1 is 1.17 bits per heavy atom. The van der Waals surface area contributed by atoms with Crippen LogP contribution in [-0.2, 0) is 6.42 Å². The minimum Gasteiger partial charge on any atom is -0.369 e. The third-order valence-corrected chi connectivity index (χ3v) is 4.44. The number of hydrogen-bond donors (Lipinski definition) is 1. The van der Waals surface area contributed by atoms with Gasteiger partial charge in [0.15, 0.2) is 0 Å². The van der Waals surface area contributed by atoms with Gasteiger partial charge in [-0.25, -0.2) is 0 Å². The Hall–Kier alpha value is -1.70. The van der Waals surface area contributed by atoms with E-state index in [-0.39, 0.29) is 0 Å². The first-order chi connectivity index (χ1) is 8.88. The van der Waals surface area contributed by atoms with Crippen LogP contribution in [-0.4, -0.2) is 23.0 Å². The summed E-state index contributed by atoms with van der Waals surface area (Å²) < 4.78 is 0. The van der Waals surface area contributed by atoms with E-state index in [1.807, 2.05) is 0 Å². The molecule has 0 radical (unpaired) electrons. The number of H-pyrrole nitrogens is 1. The maximum atomic E-state index is 3.65. The molecule has 0 bridgehead atoms. The van der Waals surface area contributed by atoms with E-state index in [0.717, 1.165) is 0 Å². The Balaban J connectivity index is 2.01. The van der Waals surface area contributed by atoms with Crippen LogP contribution in [0.25, 0.3) is 16.6 Å². The predicted octanol–water partition coefficient (Wildman–Crippen LogP) is 3.55. The van der Waals surface area contributed by atoms with Crippen LogP contribution in [0.5, 0.6) is 0 Å². The van der Waals surface area contributed by atoms with Crippen molar-refractivity contribution in [1.82, 2.24) is 9.88 Å². The van der Waals surface area contributed by atoms with Crippen LogP contribution in [0.15, 0.2) is 29.8 Å².